The summed E-state index contributed by atoms with van der Waals surface area (Å²) in [4.78, 5) is 12.8. The van der Waals surface area contributed by atoms with Gasteiger partial charge in [0.15, 0.2) is 0 Å². The SMILES string of the molecule is COc1cccc(OCCNC(=O)CN(c2cc(C)cc(C)c2)S(=O)(=O)c2ccccc2)c1. The van der Waals surface area contributed by atoms with E-state index in [1.807, 2.05) is 32.0 Å². The molecule has 0 saturated heterocycles. The highest BCUT2D eigenvalue weighted by molar-refractivity contribution is 7.92. The molecule has 3 aromatic rings. The van der Waals surface area contributed by atoms with E-state index in [4.69, 9.17) is 9.47 Å². The van der Waals surface area contributed by atoms with Crippen LogP contribution in [0.3, 0.4) is 0 Å². The number of hydrogen-bond acceptors (Lipinski definition) is 5. The molecule has 1 amide bonds. The van der Waals surface area contributed by atoms with E-state index in [9.17, 15) is 13.2 Å². The Bertz CT molecular complexity index is 1180. The summed E-state index contributed by atoms with van der Waals surface area (Å²) in [7, 11) is -2.36. The maximum Gasteiger partial charge on any atom is 0.264 e. The van der Waals surface area contributed by atoms with E-state index in [1.54, 1.807) is 49.6 Å². The maximum atomic E-state index is 13.4. The monoisotopic (exact) mass is 468 g/mol. The number of aryl methyl sites for hydroxylation is 2. The predicted octanol–water partition coefficient (Wildman–Crippen LogP) is 3.70. The van der Waals surface area contributed by atoms with Crippen LogP contribution in [0.1, 0.15) is 11.1 Å². The van der Waals surface area contributed by atoms with E-state index in [2.05, 4.69) is 5.32 Å². The topological polar surface area (TPSA) is 84.9 Å². The van der Waals surface area contributed by atoms with Crippen molar-refractivity contribution in [3.05, 3.63) is 83.9 Å². The molecule has 0 aliphatic heterocycles. The van der Waals surface area contributed by atoms with E-state index < -0.39 is 15.9 Å². The van der Waals surface area contributed by atoms with Crippen molar-refractivity contribution in [3.8, 4) is 11.5 Å². The highest BCUT2D eigenvalue weighted by Gasteiger charge is 2.27. The fourth-order valence-electron chi connectivity index (χ4n) is 3.37. The number of carbonyl (C=O) groups excluding carboxylic acids is 1. The first-order valence-corrected chi connectivity index (χ1v) is 11.9. The Morgan fingerprint density at radius 3 is 2.24 bits per heavy atom. The largest absolute Gasteiger partial charge is 0.497 e. The number of nitrogens with one attached hydrogen (secondary N) is 1. The molecule has 0 aliphatic carbocycles. The number of anilines is 1. The number of nitrogens with zero attached hydrogens (tertiary/aromatic N) is 1. The number of amides is 1. The Morgan fingerprint density at radius 1 is 0.909 bits per heavy atom. The van der Waals surface area contributed by atoms with Gasteiger partial charge in [0, 0.05) is 6.07 Å². The molecule has 0 atom stereocenters. The summed E-state index contributed by atoms with van der Waals surface area (Å²) in [5, 5.41) is 2.73. The lowest BCUT2D eigenvalue weighted by molar-refractivity contribution is -0.119. The molecule has 8 heteroatoms. The molecular formula is C25H28N2O5S. The van der Waals surface area contributed by atoms with E-state index >= 15 is 0 Å². The molecular weight excluding hydrogens is 440 g/mol. The van der Waals surface area contributed by atoms with Gasteiger partial charge in [0.25, 0.3) is 10.0 Å². The lowest BCUT2D eigenvalue weighted by atomic mass is 10.1. The molecule has 0 aliphatic rings. The van der Waals surface area contributed by atoms with E-state index in [0.717, 1.165) is 15.4 Å². The molecule has 0 saturated carbocycles. The second kappa shape index (κ2) is 10.9. The van der Waals surface area contributed by atoms with E-state index in [-0.39, 0.29) is 24.6 Å². The Morgan fingerprint density at radius 2 is 1.58 bits per heavy atom. The van der Waals surface area contributed by atoms with Gasteiger partial charge in [0.2, 0.25) is 5.91 Å². The van der Waals surface area contributed by atoms with Crippen LogP contribution in [-0.2, 0) is 14.8 Å². The second-order valence-electron chi connectivity index (χ2n) is 7.55. The van der Waals surface area contributed by atoms with Crippen LogP contribution in [0, 0.1) is 13.8 Å². The van der Waals surface area contributed by atoms with Crippen molar-refractivity contribution in [1.82, 2.24) is 5.32 Å². The molecule has 1 N–H and O–H groups in total. The summed E-state index contributed by atoms with van der Waals surface area (Å²) in [6.45, 7) is 3.88. The first-order valence-electron chi connectivity index (χ1n) is 10.5. The predicted molar refractivity (Wildman–Crippen MR) is 128 cm³/mol. The van der Waals surface area contributed by atoms with Gasteiger partial charge in [-0.2, -0.15) is 0 Å². The molecule has 0 radical (unpaired) electrons. The van der Waals surface area contributed by atoms with Crippen LogP contribution in [0.4, 0.5) is 5.69 Å². The van der Waals surface area contributed by atoms with Gasteiger partial charge in [-0.1, -0.05) is 30.3 Å². The minimum atomic E-state index is -3.94. The van der Waals surface area contributed by atoms with Crippen LogP contribution in [0.25, 0.3) is 0 Å². The third kappa shape index (κ3) is 6.49. The van der Waals surface area contributed by atoms with Gasteiger partial charge in [0.1, 0.15) is 24.7 Å². The summed E-state index contributed by atoms with van der Waals surface area (Å²) < 4.78 is 38.7. The van der Waals surface area contributed by atoms with Crippen LogP contribution in [-0.4, -0.2) is 41.1 Å². The van der Waals surface area contributed by atoms with Crippen molar-refractivity contribution in [2.75, 3.05) is 31.1 Å². The summed E-state index contributed by atoms with van der Waals surface area (Å²) in [6, 6.07) is 20.7. The van der Waals surface area contributed by atoms with Gasteiger partial charge in [-0.15, -0.1) is 0 Å². The van der Waals surface area contributed by atoms with Crippen LogP contribution >= 0.6 is 0 Å². The molecule has 0 bridgehead atoms. The average Bonchev–Trinajstić information content (AvgIpc) is 2.80. The lowest BCUT2D eigenvalue weighted by Crippen LogP contribution is -2.42. The molecule has 3 rings (SSSR count). The summed E-state index contributed by atoms with van der Waals surface area (Å²) >= 11 is 0. The highest BCUT2D eigenvalue weighted by Crippen LogP contribution is 2.25. The molecule has 7 nitrogen and oxygen atoms in total. The number of carbonyl (C=O) groups is 1. The normalized spacial score (nSPS) is 11.0. The Balaban J connectivity index is 1.71. The molecule has 0 spiro atoms. The van der Waals surface area contributed by atoms with Crippen molar-refractivity contribution in [2.24, 2.45) is 0 Å². The number of hydrogen-bond donors (Lipinski definition) is 1. The smallest absolute Gasteiger partial charge is 0.264 e. The zero-order valence-corrected chi connectivity index (χ0v) is 19.8. The van der Waals surface area contributed by atoms with Crippen molar-refractivity contribution in [3.63, 3.8) is 0 Å². The molecule has 3 aromatic carbocycles. The minimum absolute atomic E-state index is 0.123. The number of rotatable bonds is 10. The highest BCUT2D eigenvalue weighted by atomic mass is 32.2. The van der Waals surface area contributed by atoms with Crippen LogP contribution in [0.2, 0.25) is 0 Å². The van der Waals surface area contributed by atoms with Crippen molar-refractivity contribution >= 4 is 21.6 Å². The third-order valence-electron chi connectivity index (χ3n) is 4.85. The number of sulfonamides is 1. The van der Waals surface area contributed by atoms with E-state index in [1.165, 1.54) is 12.1 Å². The summed E-state index contributed by atoms with van der Waals surface area (Å²) in [6.07, 6.45) is 0. The van der Waals surface area contributed by atoms with E-state index in [0.29, 0.717) is 17.2 Å². The van der Waals surface area contributed by atoms with Gasteiger partial charge in [0.05, 0.1) is 24.2 Å². The Kier molecular flexibility index (Phi) is 7.95. The molecule has 33 heavy (non-hydrogen) atoms. The lowest BCUT2D eigenvalue weighted by Gasteiger charge is -2.25. The fourth-order valence-corrected chi connectivity index (χ4v) is 4.79. The second-order valence-corrected chi connectivity index (χ2v) is 9.41. The number of benzene rings is 3. The first kappa shape index (κ1) is 24.1. The van der Waals surface area contributed by atoms with Crippen LogP contribution in [0.15, 0.2) is 77.7 Å². The van der Waals surface area contributed by atoms with Gasteiger partial charge < -0.3 is 14.8 Å². The summed E-state index contributed by atoms with van der Waals surface area (Å²) in [5.74, 6) is 0.863. The van der Waals surface area contributed by atoms with Crippen molar-refractivity contribution in [1.29, 1.82) is 0 Å². The standard InChI is InChI=1S/C25H28N2O5S/c1-19-14-20(2)16-21(15-19)27(33(29,30)24-10-5-4-6-11-24)18-25(28)26-12-13-32-23-9-7-8-22(17-23)31-3/h4-11,14-17H,12-13,18H2,1-3H3,(H,26,28). The minimum Gasteiger partial charge on any atom is -0.497 e. The fraction of sp³-hybridized carbons (Fsp3) is 0.240. The van der Waals surface area contributed by atoms with Crippen LogP contribution < -0.4 is 19.1 Å². The van der Waals surface area contributed by atoms with Gasteiger partial charge in [-0.25, -0.2) is 8.42 Å². The Labute approximate surface area is 195 Å². The third-order valence-corrected chi connectivity index (χ3v) is 6.64. The first-order chi connectivity index (χ1) is 15.8. The number of ether oxygens (including phenoxy) is 2. The zero-order chi connectivity index (χ0) is 23.8. The van der Waals surface area contributed by atoms with Crippen molar-refractivity contribution in [2.45, 2.75) is 18.7 Å². The van der Waals surface area contributed by atoms with Crippen LogP contribution in [0.5, 0.6) is 11.5 Å². The Hall–Kier alpha value is -3.52. The maximum absolute atomic E-state index is 13.4. The van der Waals surface area contributed by atoms with Crippen molar-refractivity contribution < 1.29 is 22.7 Å². The molecule has 0 aromatic heterocycles. The molecule has 0 heterocycles. The average molecular weight is 469 g/mol. The van der Waals surface area contributed by atoms with Gasteiger partial charge in [-0.05, 0) is 61.4 Å². The molecule has 0 fully saturated rings. The summed E-state index contributed by atoms with van der Waals surface area (Å²) in [5.41, 5.74) is 2.26. The molecule has 174 valence electrons. The number of methoxy groups -OCH3 is 1. The molecule has 0 unspecified atom stereocenters. The quantitative estimate of drug-likeness (QED) is 0.459. The van der Waals surface area contributed by atoms with Gasteiger partial charge >= 0.3 is 0 Å². The van der Waals surface area contributed by atoms with Gasteiger partial charge in [-0.3, -0.25) is 9.10 Å². The zero-order valence-electron chi connectivity index (χ0n) is 18.9.